The molecule has 3 unspecified atom stereocenters. The molecule has 1 aliphatic rings. The maximum atomic E-state index is 8.91. The van der Waals surface area contributed by atoms with E-state index in [4.69, 9.17) is 14.9 Å². The SMILES string of the molecule is CC(O)COC1(C)CC1CO. The monoisotopic (exact) mass is 160 g/mol. The highest BCUT2D eigenvalue weighted by atomic mass is 16.5. The van der Waals surface area contributed by atoms with Gasteiger partial charge in [0.1, 0.15) is 0 Å². The van der Waals surface area contributed by atoms with Gasteiger partial charge in [0.2, 0.25) is 0 Å². The van der Waals surface area contributed by atoms with Gasteiger partial charge in [-0.2, -0.15) is 0 Å². The van der Waals surface area contributed by atoms with Crippen molar-refractivity contribution < 1.29 is 14.9 Å². The van der Waals surface area contributed by atoms with E-state index in [9.17, 15) is 0 Å². The first-order chi connectivity index (χ1) is 5.08. The zero-order chi connectivity index (χ0) is 8.48. The van der Waals surface area contributed by atoms with Crippen LogP contribution < -0.4 is 0 Å². The third-order valence-corrected chi connectivity index (χ3v) is 2.23. The van der Waals surface area contributed by atoms with E-state index in [0.717, 1.165) is 6.42 Å². The number of hydrogen-bond donors (Lipinski definition) is 2. The summed E-state index contributed by atoms with van der Waals surface area (Å²) in [6.45, 7) is 4.22. The van der Waals surface area contributed by atoms with Gasteiger partial charge in [-0.3, -0.25) is 0 Å². The molecule has 0 bridgehead atoms. The lowest BCUT2D eigenvalue weighted by molar-refractivity contribution is -0.0208. The minimum atomic E-state index is -0.410. The zero-order valence-electron chi connectivity index (χ0n) is 7.08. The molecule has 0 aromatic heterocycles. The van der Waals surface area contributed by atoms with Crippen LogP contribution in [0.25, 0.3) is 0 Å². The number of rotatable bonds is 4. The number of aliphatic hydroxyl groups is 2. The van der Waals surface area contributed by atoms with Crippen LogP contribution in [0.15, 0.2) is 0 Å². The van der Waals surface area contributed by atoms with Crippen LogP contribution in [0.5, 0.6) is 0 Å². The Morgan fingerprint density at radius 2 is 2.36 bits per heavy atom. The molecule has 0 amide bonds. The van der Waals surface area contributed by atoms with Gasteiger partial charge in [0, 0.05) is 12.5 Å². The van der Waals surface area contributed by atoms with Crippen LogP contribution in [-0.2, 0) is 4.74 Å². The fourth-order valence-electron chi connectivity index (χ4n) is 1.18. The van der Waals surface area contributed by atoms with Crippen molar-refractivity contribution in [3.8, 4) is 0 Å². The fourth-order valence-corrected chi connectivity index (χ4v) is 1.18. The van der Waals surface area contributed by atoms with Crippen molar-refractivity contribution >= 4 is 0 Å². The Hall–Kier alpha value is -0.120. The second kappa shape index (κ2) is 3.09. The van der Waals surface area contributed by atoms with Crippen LogP contribution in [0.4, 0.5) is 0 Å². The van der Waals surface area contributed by atoms with Crippen molar-refractivity contribution in [3.63, 3.8) is 0 Å². The number of ether oxygens (including phenoxy) is 1. The number of hydrogen-bond acceptors (Lipinski definition) is 3. The van der Waals surface area contributed by atoms with Gasteiger partial charge in [-0.1, -0.05) is 0 Å². The van der Waals surface area contributed by atoms with E-state index in [-0.39, 0.29) is 18.1 Å². The van der Waals surface area contributed by atoms with Crippen LogP contribution >= 0.6 is 0 Å². The summed E-state index contributed by atoms with van der Waals surface area (Å²) in [5.74, 6) is 0.279. The third-order valence-electron chi connectivity index (χ3n) is 2.23. The Labute approximate surface area is 67.0 Å². The van der Waals surface area contributed by atoms with Gasteiger partial charge in [0.05, 0.1) is 18.3 Å². The van der Waals surface area contributed by atoms with E-state index in [2.05, 4.69) is 0 Å². The largest absolute Gasteiger partial charge is 0.396 e. The summed E-state index contributed by atoms with van der Waals surface area (Å²) in [6.07, 6.45) is 0.503. The summed E-state index contributed by atoms with van der Waals surface area (Å²) in [4.78, 5) is 0. The Balaban J connectivity index is 2.18. The van der Waals surface area contributed by atoms with Gasteiger partial charge in [-0.25, -0.2) is 0 Å². The molecule has 3 atom stereocenters. The lowest BCUT2D eigenvalue weighted by Gasteiger charge is -2.13. The van der Waals surface area contributed by atoms with Gasteiger partial charge < -0.3 is 14.9 Å². The summed E-state index contributed by atoms with van der Waals surface area (Å²) in [6, 6.07) is 0. The predicted octanol–water partition coefficient (Wildman–Crippen LogP) is 0.155. The van der Waals surface area contributed by atoms with Crippen molar-refractivity contribution in [1.82, 2.24) is 0 Å². The van der Waals surface area contributed by atoms with Crippen LogP contribution in [0, 0.1) is 5.92 Å². The average molecular weight is 160 g/mol. The van der Waals surface area contributed by atoms with Crippen LogP contribution in [0.2, 0.25) is 0 Å². The molecule has 0 saturated heterocycles. The van der Waals surface area contributed by atoms with E-state index in [1.54, 1.807) is 6.92 Å². The highest BCUT2D eigenvalue weighted by Crippen LogP contribution is 2.45. The van der Waals surface area contributed by atoms with E-state index >= 15 is 0 Å². The van der Waals surface area contributed by atoms with Crippen molar-refractivity contribution in [2.24, 2.45) is 5.92 Å². The first-order valence-corrected chi connectivity index (χ1v) is 4.01. The van der Waals surface area contributed by atoms with E-state index < -0.39 is 6.10 Å². The summed E-state index contributed by atoms with van der Waals surface area (Å²) in [5.41, 5.74) is -0.161. The Bertz CT molecular complexity index is 135. The molecule has 1 aliphatic carbocycles. The maximum absolute atomic E-state index is 8.91. The highest BCUT2D eigenvalue weighted by Gasteiger charge is 2.50. The van der Waals surface area contributed by atoms with Gasteiger partial charge in [0.25, 0.3) is 0 Å². The number of aliphatic hydroxyl groups excluding tert-OH is 2. The third kappa shape index (κ3) is 2.15. The molecule has 1 fully saturated rings. The molecular weight excluding hydrogens is 144 g/mol. The summed E-state index contributed by atoms with van der Waals surface area (Å²) >= 11 is 0. The van der Waals surface area contributed by atoms with Crippen LogP contribution in [0.1, 0.15) is 20.3 Å². The molecule has 3 heteroatoms. The maximum Gasteiger partial charge on any atom is 0.0745 e. The van der Waals surface area contributed by atoms with Crippen LogP contribution in [-0.4, -0.2) is 35.1 Å². The quantitative estimate of drug-likeness (QED) is 0.615. The minimum Gasteiger partial charge on any atom is -0.396 e. The first-order valence-electron chi connectivity index (χ1n) is 4.01. The van der Waals surface area contributed by atoms with Crippen molar-refractivity contribution in [2.45, 2.75) is 32.0 Å². The fraction of sp³-hybridized carbons (Fsp3) is 1.00. The van der Waals surface area contributed by atoms with E-state index in [0.29, 0.717) is 6.61 Å². The minimum absolute atomic E-state index is 0.161. The molecule has 0 aliphatic heterocycles. The van der Waals surface area contributed by atoms with E-state index in [1.807, 2.05) is 6.92 Å². The lowest BCUT2D eigenvalue weighted by atomic mass is 10.3. The Kier molecular flexibility index (Phi) is 2.52. The second-order valence-corrected chi connectivity index (χ2v) is 3.56. The van der Waals surface area contributed by atoms with E-state index in [1.165, 1.54) is 0 Å². The molecule has 3 nitrogen and oxygen atoms in total. The standard InChI is InChI=1S/C8H16O3/c1-6(10)5-11-8(2)3-7(8)4-9/h6-7,9-10H,3-5H2,1-2H3. The van der Waals surface area contributed by atoms with Crippen molar-refractivity contribution in [3.05, 3.63) is 0 Å². The highest BCUT2D eigenvalue weighted by molar-refractivity contribution is 5.01. The Morgan fingerprint density at radius 3 is 2.73 bits per heavy atom. The van der Waals surface area contributed by atoms with Gasteiger partial charge in [-0.05, 0) is 20.3 Å². The molecular formula is C8H16O3. The van der Waals surface area contributed by atoms with Crippen molar-refractivity contribution in [1.29, 1.82) is 0 Å². The molecule has 0 heterocycles. The summed E-state index contributed by atoms with van der Waals surface area (Å²) in [5, 5.41) is 17.7. The summed E-state index contributed by atoms with van der Waals surface area (Å²) < 4.78 is 5.40. The molecule has 11 heavy (non-hydrogen) atoms. The molecule has 0 aromatic carbocycles. The van der Waals surface area contributed by atoms with Crippen molar-refractivity contribution in [2.75, 3.05) is 13.2 Å². The molecule has 2 N–H and O–H groups in total. The zero-order valence-corrected chi connectivity index (χ0v) is 7.08. The predicted molar refractivity (Wildman–Crippen MR) is 41.2 cm³/mol. The lowest BCUT2D eigenvalue weighted by Crippen LogP contribution is -2.20. The average Bonchev–Trinajstić information content (AvgIpc) is 2.59. The summed E-state index contributed by atoms with van der Waals surface area (Å²) in [7, 11) is 0. The van der Waals surface area contributed by atoms with Crippen LogP contribution in [0.3, 0.4) is 0 Å². The second-order valence-electron chi connectivity index (χ2n) is 3.56. The molecule has 0 radical (unpaired) electrons. The molecule has 66 valence electrons. The van der Waals surface area contributed by atoms with Gasteiger partial charge >= 0.3 is 0 Å². The molecule has 0 aromatic rings. The normalized spacial score (nSPS) is 38.7. The molecule has 1 rings (SSSR count). The molecule has 1 saturated carbocycles. The van der Waals surface area contributed by atoms with Gasteiger partial charge in [0.15, 0.2) is 0 Å². The van der Waals surface area contributed by atoms with Gasteiger partial charge in [-0.15, -0.1) is 0 Å². The Morgan fingerprint density at radius 1 is 1.73 bits per heavy atom. The molecule has 0 spiro atoms. The first kappa shape index (κ1) is 8.97. The topological polar surface area (TPSA) is 49.7 Å². The smallest absolute Gasteiger partial charge is 0.0745 e.